The molecule has 4 heteroatoms. The van der Waals surface area contributed by atoms with E-state index in [9.17, 15) is 4.79 Å². The Bertz CT molecular complexity index is 400. The Kier molecular flexibility index (Phi) is 5.64. The molecule has 1 aromatic rings. The molecule has 1 heterocycles. The lowest BCUT2D eigenvalue weighted by atomic mass is 10.1. The molecule has 19 heavy (non-hydrogen) atoms. The minimum absolute atomic E-state index is 0.0299. The molecule has 0 aromatic heterocycles. The van der Waals surface area contributed by atoms with Gasteiger partial charge in [0.15, 0.2) is 0 Å². The van der Waals surface area contributed by atoms with E-state index in [0.29, 0.717) is 13.0 Å². The third kappa shape index (κ3) is 4.46. The number of carbonyl (C=O) groups is 1. The van der Waals surface area contributed by atoms with Gasteiger partial charge in [0.2, 0.25) is 0 Å². The summed E-state index contributed by atoms with van der Waals surface area (Å²) in [5.41, 5.74) is 1.35. The van der Waals surface area contributed by atoms with Crippen LogP contribution in [0.1, 0.15) is 25.3 Å². The van der Waals surface area contributed by atoms with Crippen molar-refractivity contribution >= 4 is 29.5 Å². The molecule has 0 spiro atoms. The normalized spacial score (nSPS) is 17.3. The predicted molar refractivity (Wildman–Crippen MR) is 83.7 cm³/mol. The fourth-order valence-electron chi connectivity index (χ4n) is 2.24. The van der Waals surface area contributed by atoms with Crippen molar-refractivity contribution in [2.75, 3.05) is 18.1 Å². The Hall–Kier alpha value is -0.610. The summed E-state index contributed by atoms with van der Waals surface area (Å²) < 4.78 is 5.15. The van der Waals surface area contributed by atoms with Crippen molar-refractivity contribution in [1.29, 1.82) is 0 Å². The molecular formula is C15H20O2S2. The van der Waals surface area contributed by atoms with E-state index in [4.69, 9.17) is 4.74 Å². The van der Waals surface area contributed by atoms with Crippen LogP contribution in [0.15, 0.2) is 30.3 Å². The maximum absolute atomic E-state index is 11.8. The van der Waals surface area contributed by atoms with Gasteiger partial charge in [-0.1, -0.05) is 30.3 Å². The lowest BCUT2D eigenvalue weighted by Gasteiger charge is -2.26. The van der Waals surface area contributed by atoms with Crippen LogP contribution in [0.4, 0.5) is 0 Å². The highest BCUT2D eigenvalue weighted by atomic mass is 32.2. The summed E-state index contributed by atoms with van der Waals surface area (Å²) in [4.78, 5) is 11.8. The first-order valence-electron chi connectivity index (χ1n) is 6.71. The van der Waals surface area contributed by atoms with Gasteiger partial charge in [0.1, 0.15) is 0 Å². The van der Waals surface area contributed by atoms with E-state index in [1.54, 1.807) is 0 Å². The van der Waals surface area contributed by atoms with E-state index in [1.165, 1.54) is 5.56 Å². The number of hydrogen-bond donors (Lipinski definition) is 0. The van der Waals surface area contributed by atoms with E-state index >= 15 is 0 Å². The van der Waals surface area contributed by atoms with Gasteiger partial charge in [-0.2, -0.15) is 0 Å². The lowest BCUT2D eigenvalue weighted by Crippen LogP contribution is -2.24. The van der Waals surface area contributed by atoms with E-state index in [-0.39, 0.29) is 10.0 Å². The third-order valence-corrected chi connectivity index (χ3v) is 6.70. The molecule has 1 aliphatic heterocycles. The summed E-state index contributed by atoms with van der Waals surface area (Å²) in [6.45, 7) is 2.34. The van der Waals surface area contributed by atoms with Crippen LogP contribution in [0.3, 0.4) is 0 Å². The van der Waals surface area contributed by atoms with Crippen LogP contribution < -0.4 is 0 Å². The Morgan fingerprint density at radius 2 is 1.95 bits per heavy atom. The number of rotatable bonds is 6. The quantitative estimate of drug-likeness (QED) is 0.747. The molecule has 0 unspecified atom stereocenters. The van der Waals surface area contributed by atoms with Gasteiger partial charge in [0.25, 0.3) is 0 Å². The van der Waals surface area contributed by atoms with Gasteiger partial charge < -0.3 is 4.74 Å². The predicted octanol–water partition coefficient (Wildman–Crippen LogP) is 3.75. The minimum Gasteiger partial charge on any atom is -0.466 e. The molecule has 2 nitrogen and oxygen atoms in total. The van der Waals surface area contributed by atoms with Gasteiger partial charge in [0.05, 0.1) is 17.1 Å². The summed E-state index contributed by atoms with van der Waals surface area (Å²) in [6, 6.07) is 10.5. The van der Waals surface area contributed by atoms with E-state index in [1.807, 2.05) is 36.5 Å². The molecule has 2 rings (SSSR count). The van der Waals surface area contributed by atoms with Crippen molar-refractivity contribution in [2.24, 2.45) is 0 Å². The fraction of sp³-hybridized carbons (Fsp3) is 0.533. The molecule has 0 radical (unpaired) electrons. The average molecular weight is 296 g/mol. The van der Waals surface area contributed by atoms with Gasteiger partial charge in [-0.05, 0) is 25.3 Å². The molecule has 0 aliphatic carbocycles. The summed E-state index contributed by atoms with van der Waals surface area (Å²) >= 11 is 3.85. The number of thioether (sulfide) groups is 2. The average Bonchev–Trinajstić information content (AvgIpc) is 2.87. The zero-order valence-electron chi connectivity index (χ0n) is 11.3. The second-order valence-electron chi connectivity index (χ2n) is 4.58. The van der Waals surface area contributed by atoms with Gasteiger partial charge in [-0.25, -0.2) is 0 Å². The summed E-state index contributed by atoms with van der Waals surface area (Å²) in [5.74, 6) is 2.22. The van der Waals surface area contributed by atoms with Crippen LogP contribution in [-0.2, 0) is 16.0 Å². The zero-order valence-corrected chi connectivity index (χ0v) is 12.9. The summed E-state index contributed by atoms with van der Waals surface area (Å²) in [7, 11) is 0. The molecule has 104 valence electrons. The van der Waals surface area contributed by atoms with Crippen molar-refractivity contribution in [3.63, 3.8) is 0 Å². The number of aryl methyl sites for hydroxylation is 1. The van der Waals surface area contributed by atoms with E-state index in [2.05, 4.69) is 24.3 Å². The highest BCUT2D eigenvalue weighted by Gasteiger charge is 2.37. The van der Waals surface area contributed by atoms with Gasteiger partial charge in [-0.3, -0.25) is 4.79 Å². The van der Waals surface area contributed by atoms with E-state index < -0.39 is 0 Å². The smallest absolute Gasteiger partial charge is 0.308 e. The highest BCUT2D eigenvalue weighted by molar-refractivity contribution is 8.21. The fourth-order valence-corrected chi connectivity index (χ4v) is 5.42. The van der Waals surface area contributed by atoms with Gasteiger partial charge in [0, 0.05) is 11.5 Å². The molecule has 0 saturated carbocycles. The minimum atomic E-state index is -0.0579. The Labute approximate surface area is 123 Å². The molecular weight excluding hydrogens is 276 g/mol. The third-order valence-electron chi connectivity index (χ3n) is 3.17. The molecule has 1 saturated heterocycles. The molecule has 0 atom stereocenters. The van der Waals surface area contributed by atoms with E-state index in [0.717, 1.165) is 24.3 Å². The van der Waals surface area contributed by atoms with Crippen LogP contribution in [0.2, 0.25) is 0 Å². The van der Waals surface area contributed by atoms with Crippen molar-refractivity contribution in [2.45, 2.75) is 30.3 Å². The number of carbonyl (C=O) groups excluding carboxylic acids is 1. The second kappa shape index (κ2) is 7.25. The van der Waals surface area contributed by atoms with Crippen LogP contribution >= 0.6 is 23.5 Å². The van der Waals surface area contributed by atoms with Crippen LogP contribution in [0.25, 0.3) is 0 Å². The first-order chi connectivity index (χ1) is 9.24. The van der Waals surface area contributed by atoms with Gasteiger partial charge in [-0.15, -0.1) is 23.5 Å². The maximum Gasteiger partial charge on any atom is 0.308 e. The lowest BCUT2D eigenvalue weighted by molar-refractivity contribution is -0.143. The SMILES string of the molecule is CCOC(=O)CC1(CCc2ccccc2)SCCS1. The zero-order chi connectivity index (χ0) is 13.6. The Balaban J connectivity index is 1.94. The largest absolute Gasteiger partial charge is 0.466 e. The first-order valence-corrected chi connectivity index (χ1v) is 8.69. The maximum atomic E-state index is 11.8. The van der Waals surface area contributed by atoms with Crippen molar-refractivity contribution in [3.05, 3.63) is 35.9 Å². The van der Waals surface area contributed by atoms with Crippen LogP contribution in [0.5, 0.6) is 0 Å². The number of hydrogen-bond acceptors (Lipinski definition) is 4. The van der Waals surface area contributed by atoms with Gasteiger partial charge >= 0.3 is 5.97 Å². The van der Waals surface area contributed by atoms with Crippen LogP contribution in [0, 0.1) is 0 Å². The molecule has 1 fully saturated rings. The number of esters is 1. The summed E-state index contributed by atoms with van der Waals surface area (Å²) in [6.07, 6.45) is 2.59. The van der Waals surface area contributed by atoms with Crippen molar-refractivity contribution in [3.8, 4) is 0 Å². The monoisotopic (exact) mass is 296 g/mol. The number of benzene rings is 1. The standard InChI is InChI=1S/C15H20O2S2/c1-2-17-14(16)12-15(18-10-11-19-15)9-8-13-6-4-3-5-7-13/h3-7H,2,8-12H2,1H3. The molecule has 1 aromatic carbocycles. The Morgan fingerprint density at radius 1 is 1.26 bits per heavy atom. The first kappa shape index (κ1) is 14.8. The molecule has 1 aliphatic rings. The summed E-state index contributed by atoms with van der Waals surface area (Å²) in [5, 5.41) is 0. The number of ether oxygens (including phenoxy) is 1. The molecule has 0 amide bonds. The molecule has 0 N–H and O–H groups in total. The van der Waals surface area contributed by atoms with Crippen molar-refractivity contribution < 1.29 is 9.53 Å². The van der Waals surface area contributed by atoms with Crippen molar-refractivity contribution in [1.82, 2.24) is 0 Å². The second-order valence-corrected chi connectivity index (χ2v) is 7.79. The highest BCUT2D eigenvalue weighted by Crippen LogP contribution is 2.49. The topological polar surface area (TPSA) is 26.3 Å². The van der Waals surface area contributed by atoms with Crippen LogP contribution in [-0.4, -0.2) is 28.2 Å². The molecule has 0 bridgehead atoms. The Morgan fingerprint density at radius 3 is 2.58 bits per heavy atom.